The maximum absolute atomic E-state index is 9.87. The van der Waals surface area contributed by atoms with E-state index in [9.17, 15) is 35.7 Å². The van der Waals surface area contributed by atoms with E-state index in [1.165, 1.54) is 0 Å². The van der Waals surface area contributed by atoms with Gasteiger partial charge in [-0.05, 0) is 0 Å². The Balaban J connectivity index is 2.05. The minimum Gasteiger partial charge on any atom is -0.394 e. The largest absolute Gasteiger partial charge is 0.394 e. The van der Waals surface area contributed by atoms with Crippen LogP contribution in [0, 0.1) is 0 Å². The van der Waals surface area contributed by atoms with Crippen LogP contribution in [-0.2, 0) is 14.2 Å². The zero-order valence-electron chi connectivity index (χ0n) is 11.0. The monoisotopic (exact) mass is 312 g/mol. The molecule has 21 heavy (non-hydrogen) atoms. The standard InChI is InChI=1S/C11H20O10/c12-1-4-9(6(15)7(16)10(18)20-4)21-11-8(17)5(14)3(13)2-19-11/h3-18H,1-2H2. The summed E-state index contributed by atoms with van der Waals surface area (Å²) >= 11 is 0. The Morgan fingerprint density at radius 2 is 1.57 bits per heavy atom. The van der Waals surface area contributed by atoms with Crippen molar-refractivity contribution >= 4 is 0 Å². The van der Waals surface area contributed by atoms with Gasteiger partial charge >= 0.3 is 0 Å². The summed E-state index contributed by atoms with van der Waals surface area (Å²) in [5, 5.41) is 66.5. The van der Waals surface area contributed by atoms with E-state index in [-0.39, 0.29) is 6.61 Å². The Morgan fingerprint density at radius 1 is 0.905 bits per heavy atom. The number of ether oxygens (including phenoxy) is 3. The van der Waals surface area contributed by atoms with Gasteiger partial charge in [0.25, 0.3) is 0 Å². The highest BCUT2D eigenvalue weighted by Crippen LogP contribution is 2.26. The van der Waals surface area contributed by atoms with Crippen molar-refractivity contribution in [3.05, 3.63) is 0 Å². The smallest absolute Gasteiger partial charge is 0.186 e. The number of hydrogen-bond donors (Lipinski definition) is 7. The third kappa shape index (κ3) is 3.35. The fourth-order valence-corrected chi connectivity index (χ4v) is 2.29. The van der Waals surface area contributed by atoms with Gasteiger partial charge in [0, 0.05) is 0 Å². The quantitative estimate of drug-likeness (QED) is 0.268. The van der Waals surface area contributed by atoms with Crippen molar-refractivity contribution < 1.29 is 50.0 Å². The van der Waals surface area contributed by atoms with Crippen molar-refractivity contribution in [1.82, 2.24) is 0 Å². The lowest BCUT2D eigenvalue weighted by Gasteiger charge is -2.43. The van der Waals surface area contributed by atoms with E-state index in [1.54, 1.807) is 0 Å². The molecule has 0 aromatic heterocycles. The fraction of sp³-hybridized carbons (Fsp3) is 1.00. The average molecular weight is 312 g/mol. The van der Waals surface area contributed by atoms with E-state index in [1.807, 2.05) is 0 Å². The van der Waals surface area contributed by atoms with Gasteiger partial charge in [-0.3, -0.25) is 0 Å². The first-order valence-electron chi connectivity index (χ1n) is 6.48. The van der Waals surface area contributed by atoms with Gasteiger partial charge in [-0.2, -0.15) is 0 Å². The van der Waals surface area contributed by atoms with Gasteiger partial charge in [-0.1, -0.05) is 0 Å². The predicted octanol–water partition coefficient (Wildman–Crippen LogP) is -4.76. The van der Waals surface area contributed by atoms with Crippen LogP contribution in [0.15, 0.2) is 0 Å². The molecule has 2 fully saturated rings. The molecule has 0 radical (unpaired) electrons. The first-order chi connectivity index (χ1) is 9.86. The van der Waals surface area contributed by atoms with Gasteiger partial charge in [0.2, 0.25) is 0 Å². The molecule has 0 saturated carbocycles. The van der Waals surface area contributed by atoms with Gasteiger partial charge in [0.05, 0.1) is 13.2 Å². The lowest BCUT2D eigenvalue weighted by atomic mass is 9.98. The first kappa shape index (κ1) is 17.0. The van der Waals surface area contributed by atoms with Crippen molar-refractivity contribution in [1.29, 1.82) is 0 Å². The van der Waals surface area contributed by atoms with Crippen LogP contribution in [0.25, 0.3) is 0 Å². The molecule has 0 amide bonds. The van der Waals surface area contributed by atoms with Crippen molar-refractivity contribution in [3.63, 3.8) is 0 Å². The molecule has 0 aromatic rings. The maximum Gasteiger partial charge on any atom is 0.186 e. The summed E-state index contributed by atoms with van der Waals surface area (Å²) < 4.78 is 15.1. The second-order valence-electron chi connectivity index (χ2n) is 5.08. The molecule has 2 aliphatic heterocycles. The molecule has 2 rings (SSSR count). The fourth-order valence-electron chi connectivity index (χ4n) is 2.29. The van der Waals surface area contributed by atoms with E-state index in [0.717, 1.165) is 0 Å². The number of rotatable bonds is 3. The molecule has 2 saturated heterocycles. The SMILES string of the molecule is OCC1OC(O)C(O)C(O)C1OC1OCC(O)C(O)C1O. The van der Waals surface area contributed by atoms with E-state index in [0.29, 0.717) is 0 Å². The van der Waals surface area contributed by atoms with Crippen LogP contribution >= 0.6 is 0 Å². The highest BCUT2D eigenvalue weighted by Gasteiger charge is 2.48. The van der Waals surface area contributed by atoms with Gasteiger partial charge in [-0.15, -0.1) is 0 Å². The molecule has 0 bridgehead atoms. The molecule has 9 atom stereocenters. The van der Waals surface area contributed by atoms with E-state index < -0.39 is 61.9 Å². The van der Waals surface area contributed by atoms with Crippen molar-refractivity contribution in [2.75, 3.05) is 13.2 Å². The van der Waals surface area contributed by atoms with E-state index in [4.69, 9.17) is 14.2 Å². The number of aliphatic hydroxyl groups excluding tert-OH is 7. The molecular weight excluding hydrogens is 292 g/mol. The van der Waals surface area contributed by atoms with Crippen molar-refractivity contribution in [3.8, 4) is 0 Å². The van der Waals surface area contributed by atoms with Crippen molar-refractivity contribution in [2.45, 2.75) is 55.3 Å². The third-order valence-corrected chi connectivity index (χ3v) is 3.58. The molecule has 2 heterocycles. The summed E-state index contributed by atoms with van der Waals surface area (Å²) in [6.07, 6.45) is -13.2. The summed E-state index contributed by atoms with van der Waals surface area (Å²) in [4.78, 5) is 0. The minimum atomic E-state index is -1.69. The zero-order valence-corrected chi connectivity index (χ0v) is 11.0. The third-order valence-electron chi connectivity index (χ3n) is 3.58. The minimum absolute atomic E-state index is 0.304. The van der Waals surface area contributed by atoms with E-state index in [2.05, 4.69) is 0 Å². The summed E-state index contributed by atoms with van der Waals surface area (Å²) in [6, 6.07) is 0. The molecule has 0 aromatic carbocycles. The Labute approximate surface area is 119 Å². The highest BCUT2D eigenvalue weighted by atomic mass is 16.7. The van der Waals surface area contributed by atoms with Crippen LogP contribution in [0.3, 0.4) is 0 Å². The normalized spacial score (nSPS) is 51.9. The van der Waals surface area contributed by atoms with Crippen LogP contribution in [0.2, 0.25) is 0 Å². The second-order valence-corrected chi connectivity index (χ2v) is 5.08. The summed E-state index contributed by atoms with van der Waals surface area (Å²) in [7, 11) is 0. The van der Waals surface area contributed by atoms with Gasteiger partial charge in [-0.25, -0.2) is 0 Å². The molecule has 10 heteroatoms. The molecular formula is C11H20O10. The lowest BCUT2D eigenvalue weighted by molar-refractivity contribution is -0.342. The van der Waals surface area contributed by atoms with Crippen LogP contribution < -0.4 is 0 Å². The van der Waals surface area contributed by atoms with Crippen LogP contribution in [0.1, 0.15) is 0 Å². The second kappa shape index (κ2) is 6.79. The molecule has 124 valence electrons. The highest BCUT2D eigenvalue weighted by molar-refractivity contribution is 4.91. The Morgan fingerprint density at radius 3 is 2.19 bits per heavy atom. The molecule has 0 aliphatic carbocycles. The van der Waals surface area contributed by atoms with Gasteiger partial charge < -0.3 is 50.0 Å². The van der Waals surface area contributed by atoms with Crippen LogP contribution in [0.4, 0.5) is 0 Å². The zero-order chi connectivity index (χ0) is 15.7. The Bertz CT molecular complexity index is 339. The summed E-state index contributed by atoms with van der Waals surface area (Å²) in [6.45, 7) is -0.930. The molecule has 10 nitrogen and oxygen atoms in total. The van der Waals surface area contributed by atoms with Gasteiger partial charge in [0.15, 0.2) is 12.6 Å². The topological polar surface area (TPSA) is 169 Å². The molecule has 2 aliphatic rings. The van der Waals surface area contributed by atoms with Crippen LogP contribution in [-0.4, -0.2) is 104 Å². The average Bonchev–Trinajstić information content (AvgIpc) is 2.47. The number of hydrogen-bond acceptors (Lipinski definition) is 10. The predicted molar refractivity (Wildman–Crippen MR) is 62.6 cm³/mol. The summed E-state index contributed by atoms with van der Waals surface area (Å²) in [5.74, 6) is 0. The number of aliphatic hydroxyl groups is 7. The van der Waals surface area contributed by atoms with Gasteiger partial charge in [0.1, 0.15) is 42.7 Å². The molecule has 7 N–H and O–H groups in total. The van der Waals surface area contributed by atoms with Crippen LogP contribution in [0.5, 0.6) is 0 Å². The Hall–Kier alpha value is -0.400. The molecule has 0 spiro atoms. The Kier molecular flexibility index (Phi) is 5.48. The first-order valence-corrected chi connectivity index (χ1v) is 6.48. The van der Waals surface area contributed by atoms with Crippen molar-refractivity contribution in [2.24, 2.45) is 0 Å². The lowest BCUT2D eigenvalue weighted by Crippen LogP contribution is -2.62. The molecule has 9 unspecified atom stereocenters. The maximum atomic E-state index is 9.87. The summed E-state index contributed by atoms with van der Waals surface area (Å²) in [5.41, 5.74) is 0. The van der Waals surface area contributed by atoms with E-state index >= 15 is 0 Å².